The number of rotatable bonds is 23. The summed E-state index contributed by atoms with van der Waals surface area (Å²) >= 11 is 0. The predicted octanol–water partition coefficient (Wildman–Crippen LogP) is 3.21. The number of azide groups is 1. The van der Waals surface area contributed by atoms with E-state index >= 15 is 0 Å². The minimum atomic E-state index is 0.109. The Bertz CT molecular complexity index is 495. The van der Waals surface area contributed by atoms with E-state index in [1.807, 2.05) is 21.6 Å². The zero-order chi connectivity index (χ0) is 23.0. The third-order valence-electron chi connectivity index (χ3n) is 4.36. The second-order valence-corrected chi connectivity index (χ2v) is 9.73. The first kappa shape index (κ1) is 29.3. The molecule has 1 fully saturated rings. The number of hydrogen-bond donors (Lipinski definition) is 1. The Morgan fingerprint density at radius 3 is 2.06 bits per heavy atom. The van der Waals surface area contributed by atoms with Gasteiger partial charge in [0.2, 0.25) is 5.91 Å². The van der Waals surface area contributed by atoms with Gasteiger partial charge in [-0.15, -0.1) is 0 Å². The Hall–Kier alpha value is -0.720. The summed E-state index contributed by atoms with van der Waals surface area (Å²) in [6.45, 7) is 5.70. The molecule has 186 valence electrons. The van der Waals surface area contributed by atoms with Crippen molar-refractivity contribution in [3.8, 4) is 0 Å². The van der Waals surface area contributed by atoms with Crippen LogP contribution in [0.2, 0.25) is 0 Å². The van der Waals surface area contributed by atoms with Crippen LogP contribution in [0.5, 0.6) is 0 Å². The molecule has 10 nitrogen and oxygen atoms in total. The summed E-state index contributed by atoms with van der Waals surface area (Å²) in [7, 11) is 3.97. The number of unbranched alkanes of at least 4 members (excludes halogenated alkanes) is 1. The molecule has 0 spiro atoms. The van der Waals surface area contributed by atoms with Gasteiger partial charge in [0.25, 0.3) is 0 Å². The third kappa shape index (κ3) is 19.9. The highest BCUT2D eigenvalue weighted by atomic mass is 33.1. The van der Waals surface area contributed by atoms with Crippen LogP contribution in [0.4, 0.5) is 0 Å². The van der Waals surface area contributed by atoms with Gasteiger partial charge in [-0.3, -0.25) is 4.79 Å². The van der Waals surface area contributed by atoms with Crippen molar-refractivity contribution >= 4 is 27.5 Å². The molecule has 0 aromatic heterocycles. The lowest BCUT2D eigenvalue weighted by Gasteiger charge is -2.09. The molecule has 1 saturated heterocycles. The lowest BCUT2D eigenvalue weighted by atomic mass is 10.1. The molecular formula is C20H38N4O6S2. The lowest BCUT2D eigenvalue weighted by molar-refractivity contribution is -0.121. The summed E-state index contributed by atoms with van der Waals surface area (Å²) in [6, 6.07) is 0. The number of nitrogens with one attached hydrogen (secondary N) is 1. The molecule has 0 bridgehead atoms. The predicted molar refractivity (Wildman–Crippen MR) is 128 cm³/mol. The van der Waals surface area contributed by atoms with Gasteiger partial charge in [0.05, 0.1) is 66.1 Å². The van der Waals surface area contributed by atoms with Crippen LogP contribution in [0.3, 0.4) is 0 Å². The van der Waals surface area contributed by atoms with Crippen LogP contribution in [0.15, 0.2) is 5.11 Å². The molecule has 1 aliphatic heterocycles. The average Bonchev–Trinajstić information content (AvgIpc) is 3.32. The van der Waals surface area contributed by atoms with Crippen molar-refractivity contribution in [2.45, 2.75) is 37.4 Å². The van der Waals surface area contributed by atoms with Gasteiger partial charge >= 0.3 is 0 Å². The number of carbonyl (C=O) groups excluding carboxylic acids is 1. The molecular weight excluding hydrogens is 456 g/mol. The fourth-order valence-corrected chi connectivity index (χ4v) is 5.73. The first-order valence-electron chi connectivity index (χ1n) is 11.3. The smallest absolute Gasteiger partial charge is 0.220 e. The largest absolute Gasteiger partial charge is 0.379 e. The maximum atomic E-state index is 11.8. The molecule has 12 heteroatoms. The monoisotopic (exact) mass is 494 g/mol. The molecule has 0 aromatic rings. The van der Waals surface area contributed by atoms with Crippen LogP contribution in [0.1, 0.15) is 32.1 Å². The number of amides is 1. The molecule has 1 heterocycles. The van der Waals surface area contributed by atoms with E-state index in [0.717, 1.165) is 18.1 Å². The van der Waals surface area contributed by atoms with Crippen LogP contribution in [-0.4, -0.2) is 96.1 Å². The molecule has 1 aliphatic rings. The average molecular weight is 495 g/mol. The zero-order valence-corrected chi connectivity index (χ0v) is 20.5. The highest BCUT2D eigenvalue weighted by molar-refractivity contribution is 8.77. The van der Waals surface area contributed by atoms with E-state index < -0.39 is 0 Å². The maximum absolute atomic E-state index is 11.8. The van der Waals surface area contributed by atoms with Crippen molar-refractivity contribution in [1.82, 2.24) is 5.32 Å². The highest BCUT2D eigenvalue weighted by Gasteiger charge is 2.15. The van der Waals surface area contributed by atoms with E-state index in [-0.39, 0.29) is 5.91 Å². The topological polar surface area (TPSA) is 124 Å². The Labute approximate surface area is 199 Å². The summed E-state index contributed by atoms with van der Waals surface area (Å²) in [4.78, 5) is 14.4. The highest BCUT2D eigenvalue weighted by Crippen LogP contribution is 2.39. The SMILES string of the molecule is [N-]=[N+]=NCCOCCOCCOCCOCCOCCNC(=O)CCCC[C@@H]1CCSS1. The molecule has 0 saturated carbocycles. The Morgan fingerprint density at radius 1 is 0.906 bits per heavy atom. The second kappa shape index (κ2) is 23.4. The van der Waals surface area contributed by atoms with E-state index in [4.69, 9.17) is 29.2 Å². The molecule has 1 rings (SSSR count). The number of nitrogens with zero attached hydrogens (tertiary/aromatic N) is 3. The van der Waals surface area contributed by atoms with Gasteiger partial charge in [-0.25, -0.2) is 0 Å². The molecule has 1 amide bonds. The molecule has 0 radical (unpaired) electrons. The summed E-state index contributed by atoms with van der Waals surface area (Å²) < 4.78 is 26.8. The van der Waals surface area contributed by atoms with Crippen molar-refractivity contribution in [2.24, 2.45) is 5.11 Å². The van der Waals surface area contributed by atoms with Crippen LogP contribution < -0.4 is 5.32 Å². The van der Waals surface area contributed by atoms with Gasteiger partial charge in [-0.05, 0) is 24.8 Å². The van der Waals surface area contributed by atoms with Crippen molar-refractivity contribution in [1.29, 1.82) is 0 Å². The first-order valence-corrected chi connectivity index (χ1v) is 13.7. The van der Waals surface area contributed by atoms with E-state index in [2.05, 4.69) is 15.3 Å². The Balaban J connectivity index is 1.68. The first-order chi connectivity index (χ1) is 15.8. The summed E-state index contributed by atoms with van der Waals surface area (Å²) in [5.41, 5.74) is 8.10. The van der Waals surface area contributed by atoms with E-state index in [1.165, 1.54) is 18.6 Å². The minimum Gasteiger partial charge on any atom is -0.379 e. The van der Waals surface area contributed by atoms with Crippen LogP contribution >= 0.6 is 21.6 Å². The summed E-state index contributed by atoms with van der Waals surface area (Å²) in [5, 5.41) is 7.05. The van der Waals surface area contributed by atoms with E-state index in [1.54, 1.807) is 0 Å². The second-order valence-electron chi connectivity index (χ2n) is 6.94. The van der Waals surface area contributed by atoms with Gasteiger partial charge in [-0.2, -0.15) is 0 Å². The van der Waals surface area contributed by atoms with Gasteiger partial charge in [0, 0.05) is 35.4 Å². The van der Waals surface area contributed by atoms with Crippen molar-refractivity contribution in [3.05, 3.63) is 10.4 Å². The van der Waals surface area contributed by atoms with Gasteiger partial charge in [0.15, 0.2) is 0 Å². The van der Waals surface area contributed by atoms with Crippen LogP contribution in [0.25, 0.3) is 10.4 Å². The molecule has 32 heavy (non-hydrogen) atoms. The Morgan fingerprint density at radius 2 is 1.50 bits per heavy atom. The number of ether oxygens (including phenoxy) is 5. The van der Waals surface area contributed by atoms with Gasteiger partial charge in [-0.1, -0.05) is 33.1 Å². The van der Waals surface area contributed by atoms with Crippen LogP contribution in [0, 0.1) is 0 Å². The quantitative estimate of drug-likeness (QED) is 0.0755. The van der Waals surface area contributed by atoms with E-state index in [0.29, 0.717) is 85.6 Å². The van der Waals surface area contributed by atoms with Gasteiger partial charge < -0.3 is 29.0 Å². The van der Waals surface area contributed by atoms with Crippen molar-refractivity contribution < 1.29 is 28.5 Å². The van der Waals surface area contributed by atoms with Gasteiger partial charge in [0.1, 0.15) is 0 Å². The number of carbonyl (C=O) groups is 1. The van der Waals surface area contributed by atoms with Crippen LogP contribution in [-0.2, 0) is 28.5 Å². The third-order valence-corrected chi connectivity index (χ3v) is 7.37. The zero-order valence-electron chi connectivity index (χ0n) is 18.9. The summed E-state index contributed by atoms with van der Waals surface area (Å²) in [5.74, 6) is 1.38. The fourth-order valence-electron chi connectivity index (χ4n) is 2.70. The molecule has 1 atom stereocenters. The lowest BCUT2D eigenvalue weighted by Crippen LogP contribution is -2.27. The molecule has 0 unspecified atom stereocenters. The van der Waals surface area contributed by atoms with Crippen molar-refractivity contribution in [3.63, 3.8) is 0 Å². The number of hydrogen-bond acceptors (Lipinski definition) is 9. The molecule has 0 aliphatic carbocycles. The van der Waals surface area contributed by atoms with E-state index in [9.17, 15) is 4.79 Å². The Kier molecular flexibility index (Phi) is 21.5. The minimum absolute atomic E-state index is 0.109. The fraction of sp³-hybridized carbons (Fsp3) is 0.950. The normalized spacial score (nSPS) is 15.6. The van der Waals surface area contributed by atoms with Crippen molar-refractivity contribution in [2.75, 3.05) is 84.9 Å². The molecule has 1 N–H and O–H groups in total. The summed E-state index contributed by atoms with van der Waals surface area (Å²) in [6.07, 6.45) is 5.23. The standard InChI is InChI=1S/C20H38N4O6S2/c21-24-23-7-9-27-11-13-29-15-17-30-16-14-28-12-10-26-8-6-22-20(25)4-2-1-3-19-5-18-31-32-19/h19H,1-18H2,(H,22,25)/t19-/m1/s1. The maximum Gasteiger partial charge on any atom is 0.220 e. The molecule has 0 aromatic carbocycles.